The molecule has 0 saturated heterocycles. The van der Waals surface area contributed by atoms with Crippen LogP contribution in [0.15, 0.2) is 41.3 Å². The van der Waals surface area contributed by atoms with E-state index in [4.69, 9.17) is 0 Å². The quantitative estimate of drug-likeness (QED) is 0.727. The Bertz CT molecular complexity index is 603. The number of hydrogen-bond acceptors (Lipinski definition) is 3. The molecule has 5 heteroatoms. The van der Waals surface area contributed by atoms with Gasteiger partial charge in [0, 0.05) is 19.5 Å². The number of rotatable bonds is 7. The molecule has 0 fully saturated rings. The molecule has 0 unspecified atom stereocenters. The third-order valence-corrected chi connectivity index (χ3v) is 4.89. The van der Waals surface area contributed by atoms with Crippen molar-refractivity contribution in [2.75, 3.05) is 18.8 Å². The lowest BCUT2D eigenvalue weighted by molar-refractivity contribution is -0.130. The van der Waals surface area contributed by atoms with E-state index in [1.807, 2.05) is 20.8 Å². The van der Waals surface area contributed by atoms with E-state index in [-0.39, 0.29) is 23.0 Å². The van der Waals surface area contributed by atoms with Crippen molar-refractivity contribution in [2.45, 2.75) is 32.1 Å². The van der Waals surface area contributed by atoms with Gasteiger partial charge in [0.05, 0.1) is 10.6 Å². The molecule has 0 aliphatic carbocycles. The van der Waals surface area contributed by atoms with Gasteiger partial charge in [-0.05, 0) is 32.9 Å². The molecule has 0 aliphatic rings. The zero-order chi connectivity index (χ0) is 16.0. The van der Waals surface area contributed by atoms with E-state index in [0.29, 0.717) is 13.1 Å². The highest BCUT2D eigenvalue weighted by Crippen LogP contribution is 2.13. The molecular weight excluding hydrogens is 286 g/mol. The molecule has 1 rings (SSSR count). The number of carbonyl (C=O) groups excluding carboxylic acids is 1. The highest BCUT2D eigenvalue weighted by atomic mass is 32.2. The van der Waals surface area contributed by atoms with Crippen LogP contribution in [0, 0.1) is 6.92 Å². The molecule has 116 valence electrons. The predicted octanol–water partition coefficient (Wildman–Crippen LogP) is 2.58. The van der Waals surface area contributed by atoms with E-state index in [9.17, 15) is 13.2 Å². The number of amides is 1. The molecule has 21 heavy (non-hydrogen) atoms. The Morgan fingerprint density at radius 3 is 2.29 bits per heavy atom. The lowest BCUT2D eigenvalue weighted by atomic mass is 10.2. The largest absolute Gasteiger partial charge is 0.339 e. The van der Waals surface area contributed by atoms with Crippen molar-refractivity contribution < 1.29 is 13.2 Å². The zero-order valence-corrected chi connectivity index (χ0v) is 13.7. The molecule has 0 aliphatic heterocycles. The van der Waals surface area contributed by atoms with Crippen LogP contribution in [0.5, 0.6) is 0 Å². The molecule has 1 amide bonds. The fourth-order valence-corrected chi connectivity index (χ4v) is 3.18. The summed E-state index contributed by atoms with van der Waals surface area (Å²) in [6.45, 7) is 10.4. The lowest BCUT2D eigenvalue weighted by Crippen LogP contribution is -2.33. The molecule has 0 heterocycles. The fourth-order valence-electron chi connectivity index (χ4n) is 1.95. The van der Waals surface area contributed by atoms with Crippen LogP contribution in [0.1, 0.15) is 25.8 Å². The fraction of sp³-hybridized carbons (Fsp3) is 0.438. The molecule has 0 N–H and O–H groups in total. The highest BCUT2D eigenvalue weighted by molar-refractivity contribution is 7.91. The minimum Gasteiger partial charge on any atom is -0.339 e. The zero-order valence-electron chi connectivity index (χ0n) is 12.9. The first-order valence-corrected chi connectivity index (χ1v) is 8.63. The standard InChI is InChI=1S/C16H23NO3S/c1-5-17(12-13(2)3)16(18)10-11-21(19,20)15-8-6-14(4)7-9-15/h6-9H,2,5,10-12H2,1,3-4H3. The van der Waals surface area contributed by atoms with E-state index < -0.39 is 9.84 Å². The van der Waals surface area contributed by atoms with Crippen LogP contribution in [0.4, 0.5) is 0 Å². The SMILES string of the molecule is C=C(C)CN(CC)C(=O)CCS(=O)(=O)c1ccc(C)cc1. The first kappa shape index (κ1) is 17.4. The van der Waals surface area contributed by atoms with Gasteiger partial charge in [-0.1, -0.05) is 29.8 Å². The Morgan fingerprint density at radius 2 is 1.81 bits per heavy atom. The number of nitrogens with zero attached hydrogens (tertiary/aromatic N) is 1. The molecule has 0 saturated carbocycles. The summed E-state index contributed by atoms with van der Waals surface area (Å²) < 4.78 is 24.4. The lowest BCUT2D eigenvalue weighted by Gasteiger charge is -2.20. The van der Waals surface area contributed by atoms with Crippen LogP contribution in [0.3, 0.4) is 0 Å². The van der Waals surface area contributed by atoms with Gasteiger partial charge in [-0.25, -0.2) is 8.42 Å². The first-order chi connectivity index (χ1) is 9.76. The summed E-state index contributed by atoms with van der Waals surface area (Å²) in [4.78, 5) is 13.9. The summed E-state index contributed by atoms with van der Waals surface area (Å²) in [5.74, 6) is -0.321. The Hall–Kier alpha value is -1.62. The second kappa shape index (κ2) is 7.41. The predicted molar refractivity (Wildman–Crippen MR) is 84.9 cm³/mol. The molecule has 0 aromatic heterocycles. The van der Waals surface area contributed by atoms with Gasteiger partial charge in [0.1, 0.15) is 0 Å². The van der Waals surface area contributed by atoms with Crippen molar-refractivity contribution in [1.29, 1.82) is 0 Å². The smallest absolute Gasteiger partial charge is 0.223 e. The normalized spacial score (nSPS) is 11.2. The minimum absolute atomic E-state index is 0.00265. The number of benzene rings is 1. The maximum absolute atomic E-state index is 12.2. The van der Waals surface area contributed by atoms with Crippen LogP contribution in [0.25, 0.3) is 0 Å². The summed E-state index contributed by atoms with van der Waals surface area (Å²) in [7, 11) is -3.41. The highest BCUT2D eigenvalue weighted by Gasteiger charge is 2.19. The van der Waals surface area contributed by atoms with Crippen molar-refractivity contribution >= 4 is 15.7 Å². The van der Waals surface area contributed by atoms with Gasteiger partial charge in [-0.15, -0.1) is 0 Å². The molecule has 0 spiro atoms. The van der Waals surface area contributed by atoms with Crippen molar-refractivity contribution in [3.05, 3.63) is 42.0 Å². The topological polar surface area (TPSA) is 54.5 Å². The minimum atomic E-state index is -3.41. The third-order valence-electron chi connectivity index (χ3n) is 3.16. The van der Waals surface area contributed by atoms with Crippen molar-refractivity contribution in [2.24, 2.45) is 0 Å². The molecule has 0 radical (unpaired) electrons. The third kappa shape index (κ3) is 5.34. The van der Waals surface area contributed by atoms with E-state index in [1.165, 1.54) is 0 Å². The summed E-state index contributed by atoms with van der Waals surface area (Å²) >= 11 is 0. The van der Waals surface area contributed by atoms with E-state index in [2.05, 4.69) is 6.58 Å². The Morgan fingerprint density at radius 1 is 1.24 bits per heavy atom. The number of aryl methyl sites for hydroxylation is 1. The number of hydrogen-bond donors (Lipinski definition) is 0. The first-order valence-electron chi connectivity index (χ1n) is 6.98. The molecular formula is C16H23NO3S. The maximum Gasteiger partial charge on any atom is 0.223 e. The summed E-state index contributed by atoms with van der Waals surface area (Å²) in [5, 5.41) is 0. The van der Waals surface area contributed by atoms with E-state index in [1.54, 1.807) is 29.2 Å². The molecule has 4 nitrogen and oxygen atoms in total. The molecule has 0 bridgehead atoms. The average molecular weight is 309 g/mol. The van der Waals surface area contributed by atoms with Crippen LogP contribution in [-0.4, -0.2) is 38.1 Å². The van der Waals surface area contributed by atoms with Gasteiger partial charge in [0.15, 0.2) is 9.84 Å². The van der Waals surface area contributed by atoms with Gasteiger partial charge >= 0.3 is 0 Å². The van der Waals surface area contributed by atoms with Crippen molar-refractivity contribution in [1.82, 2.24) is 4.90 Å². The summed E-state index contributed by atoms with van der Waals surface area (Å²) in [5.41, 5.74) is 1.88. The van der Waals surface area contributed by atoms with Crippen LogP contribution < -0.4 is 0 Å². The monoisotopic (exact) mass is 309 g/mol. The summed E-state index contributed by atoms with van der Waals surface area (Å²) in [6.07, 6.45) is -0.00265. The Kier molecular flexibility index (Phi) is 6.15. The van der Waals surface area contributed by atoms with Gasteiger partial charge < -0.3 is 4.90 Å². The Labute approximate surface area is 127 Å². The second-order valence-corrected chi connectivity index (χ2v) is 7.36. The molecule has 0 atom stereocenters. The van der Waals surface area contributed by atoms with Gasteiger partial charge in [0.2, 0.25) is 5.91 Å². The number of sulfone groups is 1. The van der Waals surface area contributed by atoms with Crippen LogP contribution >= 0.6 is 0 Å². The van der Waals surface area contributed by atoms with Gasteiger partial charge in [-0.3, -0.25) is 4.79 Å². The van der Waals surface area contributed by atoms with E-state index in [0.717, 1.165) is 11.1 Å². The summed E-state index contributed by atoms with van der Waals surface area (Å²) in [6, 6.07) is 6.68. The van der Waals surface area contributed by atoms with Crippen LogP contribution in [0.2, 0.25) is 0 Å². The van der Waals surface area contributed by atoms with Gasteiger partial charge in [-0.2, -0.15) is 0 Å². The van der Waals surface area contributed by atoms with Gasteiger partial charge in [0.25, 0.3) is 0 Å². The van der Waals surface area contributed by atoms with Crippen LogP contribution in [-0.2, 0) is 14.6 Å². The van der Waals surface area contributed by atoms with Crippen molar-refractivity contribution in [3.63, 3.8) is 0 Å². The number of carbonyl (C=O) groups is 1. The van der Waals surface area contributed by atoms with Crippen molar-refractivity contribution in [3.8, 4) is 0 Å². The Balaban J connectivity index is 2.70. The molecule has 1 aromatic rings. The number of likely N-dealkylation sites (N-methyl/N-ethyl adjacent to an activating group) is 1. The second-order valence-electron chi connectivity index (χ2n) is 5.25. The average Bonchev–Trinajstić information content (AvgIpc) is 2.42. The maximum atomic E-state index is 12.2. The molecule has 1 aromatic carbocycles. The van der Waals surface area contributed by atoms with E-state index >= 15 is 0 Å².